The first-order valence-corrected chi connectivity index (χ1v) is 3.37. The van der Waals surface area contributed by atoms with E-state index in [1.54, 1.807) is 0 Å². The van der Waals surface area contributed by atoms with Gasteiger partial charge >= 0.3 is 0 Å². The minimum absolute atomic E-state index is 0.331. The molecule has 0 saturated carbocycles. The number of rotatable bonds is 5. The van der Waals surface area contributed by atoms with Crippen LogP contribution in [0.5, 0.6) is 0 Å². The van der Waals surface area contributed by atoms with Gasteiger partial charge in [-0.05, 0) is 0 Å². The molecule has 0 fully saturated rings. The Morgan fingerprint density at radius 1 is 1.33 bits per heavy atom. The van der Waals surface area contributed by atoms with Crippen molar-refractivity contribution in [3.8, 4) is 0 Å². The van der Waals surface area contributed by atoms with Gasteiger partial charge in [0.25, 0.3) is 0 Å². The summed E-state index contributed by atoms with van der Waals surface area (Å²) >= 11 is 0. The number of nitrogens with two attached hydrogens (primary N) is 2. The fraction of sp³-hybridized carbons (Fsp3) is 0.667. The molecule has 6 N–H and O–H groups in total. The molecular weight excluding hydrogens is 164 g/mol. The van der Waals surface area contributed by atoms with E-state index in [-0.39, 0.29) is 6.54 Å². The van der Waals surface area contributed by atoms with Crippen LogP contribution in [0.1, 0.15) is 0 Å². The average molecular weight is 176 g/mol. The number of aliphatic hydroxyl groups excluding tert-OH is 2. The van der Waals surface area contributed by atoms with Gasteiger partial charge in [-0.15, -0.1) is 0 Å². The van der Waals surface area contributed by atoms with Crippen molar-refractivity contribution in [2.75, 3.05) is 13.2 Å². The molecule has 2 atom stereocenters. The molecule has 70 valence electrons. The maximum absolute atomic E-state index is 10.8. The molecule has 0 aliphatic carbocycles. The van der Waals surface area contributed by atoms with Crippen LogP contribution in [0.2, 0.25) is 0 Å². The van der Waals surface area contributed by atoms with Gasteiger partial charge in [-0.25, -0.2) is 0 Å². The molecule has 6 nitrogen and oxygen atoms in total. The number of ketones is 2. The molecule has 0 radical (unpaired) electrons. The maximum Gasteiger partial charge on any atom is 0.229 e. The van der Waals surface area contributed by atoms with Gasteiger partial charge in [-0.2, -0.15) is 0 Å². The van der Waals surface area contributed by atoms with Crippen LogP contribution < -0.4 is 11.5 Å². The molecule has 6 heteroatoms. The second-order valence-electron chi connectivity index (χ2n) is 2.27. The summed E-state index contributed by atoms with van der Waals surface area (Å²) in [6, 6.07) is -1.27. The molecular formula is C6H12N2O4. The fourth-order valence-corrected chi connectivity index (χ4v) is 0.537. The Hall–Kier alpha value is -0.820. The van der Waals surface area contributed by atoms with Crippen LogP contribution in [0.25, 0.3) is 0 Å². The third kappa shape index (κ3) is 2.67. The first-order valence-electron chi connectivity index (χ1n) is 3.37. The highest BCUT2D eigenvalue weighted by Gasteiger charge is 2.26. The molecule has 0 saturated heterocycles. The molecule has 0 spiro atoms. The monoisotopic (exact) mass is 176 g/mol. The van der Waals surface area contributed by atoms with Crippen molar-refractivity contribution in [3.63, 3.8) is 0 Å². The first-order chi connectivity index (χ1) is 5.54. The Morgan fingerprint density at radius 3 is 2.17 bits per heavy atom. The molecule has 12 heavy (non-hydrogen) atoms. The molecule has 2 unspecified atom stereocenters. The van der Waals surface area contributed by atoms with Gasteiger partial charge in [0.1, 0.15) is 6.10 Å². The SMILES string of the molecule is NCC(O)C(=O)C(=O)C(N)CO. The number of hydrogen-bond acceptors (Lipinski definition) is 6. The number of carbonyl (C=O) groups excluding carboxylic acids is 2. The predicted molar refractivity (Wildman–Crippen MR) is 40.1 cm³/mol. The molecule has 0 heterocycles. The van der Waals surface area contributed by atoms with Gasteiger partial charge in [-0.3, -0.25) is 9.59 Å². The van der Waals surface area contributed by atoms with E-state index >= 15 is 0 Å². The summed E-state index contributed by atoms with van der Waals surface area (Å²) in [6.45, 7) is -0.954. The smallest absolute Gasteiger partial charge is 0.229 e. The molecule has 0 aliphatic heterocycles. The van der Waals surface area contributed by atoms with Crippen molar-refractivity contribution in [3.05, 3.63) is 0 Å². The third-order valence-corrected chi connectivity index (χ3v) is 1.30. The van der Waals surface area contributed by atoms with E-state index < -0.39 is 30.3 Å². The fourth-order valence-electron chi connectivity index (χ4n) is 0.537. The van der Waals surface area contributed by atoms with Crippen LogP contribution in [0.3, 0.4) is 0 Å². The third-order valence-electron chi connectivity index (χ3n) is 1.30. The molecule has 0 bridgehead atoms. The number of aliphatic hydroxyl groups is 2. The minimum Gasteiger partial charge on any atom is -0.394 e. The topological polar surface area (TPSA) is 127 Å². The van der Waals surface area contributed by atoms with E-state index in [1.807, 2.05) is 0 Å². The zero-order valence-corrected chi connectivity index (χ0v) is 6.43. The van der Waals surface area contributed by atoms with E-state index in [4.69, 9.17) is 21.7 Å². The second kappa shape index (κ2) is 4.94. The summed E-state index contributed by atoms with van der Waals surface area (Å²) in [4.78, 5) is 21.6. The number of carbonyl (C=O) groups is 2. The highest BCUT2D eigenvalue weighted by molar-refractivity contribution is 6.40. The molecule has 0 aromatic carbocycles. The normalized spacial score (nSPS) is 15.3. The van der Waals surface area contributed by atoms with E-state index in [0.717, 1.165) is 0 Å². The van der Waals surface area contributed by atoms with Crippen molar-refractivity contribution in [1.82, 2.24) is 0 Å². The van der Waals surface area contributed by atoms with Gasteiger partial charge in [0, 0.05) is 6.54 Å². The summed E-state index contributed by atoms with van der Waals surface area (Å²) < 4.78 is 0. The summed E-state index contributed by atoms with van der Waals surface area (Å²) in [6.07, 6.45) is -1.52. The van der Waals surface area contributed by atoms with Crippen LogP contribution in [-0.4, -0.2) is 47.1 Å². The maximum atomic E-state index is 10.8. The van der Waals surface area contributed by atoms with Gasteiger partial charge < -0.3 is 21.7 Å². The van der Waals surface area contributed by atoms with Crippen LogP contribution in [0.4, 0.5) is 0 Å². The Morgan fingerprint density at radius 2 is 1.83 bits per heavy atom. The molecule has 0 rings (SSSR count). The molecule has 0 amide bonds. The Kier molecular flexibility index (Phi) is 4.60. The van der Waals surface area contributed by atoms with E-state index in [9.17, 15) is 9.59 Å². The van der Waals surface area contributed by atoms with Gasteiger partial charge in [0.2, 0.25) is 11.6 Å². The van der Waals surface area contributed by atoms with Crippen molar-refractivity contribution in [2.45, 2.75) is 12.1 Å². The van der Waals surface area contributed by atoms with Crippen LogP contribution in [-0.2, 0) is 9.59 Å². The summed E-state index contributed by atoms with van der Waals surface area (Å²) in [5.41, 5.74) is 9.96. The van der Waals surface area contributed by atoms with Gasteiger partial charge in [-0.1, -0.05) is 0 Å². The van der Waals surface area contributed by atoms with Crippen molar-refractivity contribution in [1.29, 1.82) is 0 Å². The zero-order valence-electron chi connectivity index (χ0n) is 6.43. The lowest BCUT2D eigenvalue weighted by atomic mass is 10.1. The van der Waals surface area contributed by atoms with Gasteiger partial charge in [0.05, 0.1) is 12.6 Å². The number of hydrogen-bond donors (Lipinski definition) is 4. The number of Topliss-reactive ketones (excluding diaryl/α,β-unsaturated/α-hetero) is 2. The summed E-state index contributed by atoms with van der Waals surface area (Å²) in [5.74, 6) is -2.06. The second-order valence-corrected chi connectivity index (χ2v) is 2.27. The summed E-state index contributed by atoms with van der Waals surface area (Å²) in [7, 11) is 0. The lowest BCUT2D eigenvalue weighted by Crippen LogP contribution is -2.45. The highest BCUT2D eigenvalue weighted by Crippen LogP contribution is 1.89. The zero-order chi connectivity index (χ0) is 9.72. The first kappa shape index (κ1) is 11.2. The van der Waals surface area contributed by atoms with Crippen LogP contribution in [0, 0.1) is 0 Å². The van der Waals surface area contributed by atoms with E-state index in [2.05, 4.69) is 0 Å². The molecule has 0 aromatic heterocycles. The lowest BCUT2D eigenvalue weighted by Gasteiger charge is -2.08. The molecule has 0 aliphatic rings. The van der Waals surface area contributed by atoms with Gasteiger partial charge in [0.15, 0.2) is 0 Å². The Balaban J connectivity index is 4.19. The largest absolute Gasteiger partial charge is 0.394 e. The van der Waals surface area contributed by atoms with Crippen LogP contribution >= 0.6 is 0 Å². The Labute approximate surface area is 69.2 Å². The highest BCUT2D eigenvalue weighted by atomic mass is 16.3. The van der Waals surface area contributed by atoms with E-state index in [1.165, 1.54) is 0 Å². The quantitative estimate of drug-likeness (QED) is 0.326. The lowest BCUT2D eigenvalue weighted by molar-refractivity contribution is -0.142. The van der Waals surface area contributed by atoms with E-state index in [0.29, 0.717) is 0 Å². The summed E-state index contributed by atoms with van der Waals surface area (Å²) in [5, 5.41) is 17.2. The minimum atomic E-state index is -1.52. The molecule has 0 aromatic rings. The van der Waals surface area contributed by atoms with Crippen molar-refractivity contribution >= 4 is 11.6 Å². The van der Waals surface area contributed by atoms with Crippen molar-refractivity contribution in [2.24, 2.45) is 11.5 Å². The Bertz CT molecular complexity index is 162. The van der Waals surface area contributed by atoms with Crippen molar-refractivity contribution < 1.29 is 19.8 Å². The predicted octanol–water partition coefficient (Wildman–Crippen LogP) is -3.24. The standard InChI is InChI=1S/C6H12N2O4/c7-1-4(10)6(12)5(11)3(8)2-9/h3-4,9-10H,1-2,7-8H2. The van der Waals surface area contributed by atoms with Crippen LogP contribution in [0.15, 0.2) is 0 Å². The average Bonchev–Trinajstić information content (AvgIpc) is 2.12.